The molecule has 0 spiro atoms. The number of carbonyl (C=O) groups is 2. The molecule has 2 aromatic carbocycles. The number of aliphatic carboxylic acids is 1. The number of hydrogen-bond donors (Lipinski definition) is 1. The van der Waals surface area contributed by atoms with Crippen molar-refractivity contribution in [2.75, 3.05) is 13.1 Å². The fourth-order valence-electron chi connectivity index (χ4n) is 3.88. The molecule has 1 N–H and O–H groups in total. The lowest BCUT2D eigenvalue weighted by Crippen LogP contribution is -2.48. The molecule has 5 nitrogen and oxygen atoms in total. The Morgan fingerprint density at radius 3 is 2.69 bits per heavy atom. The first-order valence-electron chi connectivity index (χ1n) is 8.84. The Bertz CT molecular complexity index is 1040. The molecule has 1 atom stereocenters. The number of hydrogen-bond acceptors (Lipinski definition) is 3. The van der Waals surface area contributed by atoms with Crippen LogP contribution >= 0.6 is 0 Å². The number of furan rings is 1. The number of benzene rings is 2. The molecule has 1 aromatic heterocycles. The van der Waals surface area contributed by atoms with Crippen molar-refractivity contribution >= 4 is 33.6 Å². The molecule has 3 aromatic rings. The van der Waals surface area contributed by atoms with Crippen LogP contribution in [-0.4, -0.2) is 35.0 Å². The molecule has 1 amide bonds. The van der Waals surface area contributed by atoms with Gasteiger partial charge in [0, 0.05) is 29.4 Å². The van der Waals surface area contributed by atoms with Crippen LogP contribution in [0.2, 0.25) is 0 Å². The van der Waals surface area contributed by atoms with Crippen LogP contribution in [0.25, 0.3) is 21.7 Å². The molecule has 0 saturated carbocycles. The fourth-order valence-corrected chi connectivity index (χ4v) is 3.88. The summed E-state index contributed by atoms with van der Waals surface area (Å²) in [7, 11) is 0. The van der Waals surface area contributed by atoms with Gasteiger partial charge in [-0.2, -0.15) is 0 Å². The van der Waals surface area contributed by atoms with E-state index in [-0.39, 0.29) is 12.5 Å². The molecule has 1 aliphatic heterocycles. The Kier molecular flexibility index (Phi) is 3.75. The summed E-state index contributed by atoms with van der Waals surface area (Å²) in [5.74, 6) is -0.775. The van der Waals surface area contributed by atoms with Crippen LogP contribution in [0.5, 0.6) is 0 Å². The second kappa shape index (κ2) is 5.87. The minimum absolute atomic E-state index is 0.207. The van der Waals surface area contributed by atoms with Crippen LogP contribution in [0.1, 0.15) is 35.9 Å². The van der Waals surface area contributed by atoms with Gasteiger partial charge in [-0.25, -0.2) is 0 Å². The molecule has 1 aliphatic rings. The van der Waals surface area contributed by atoms with Crippen molar-refractivity contribution in [1.29, 1.82) is 0 Å². The average molecular weight is 351 g/mol. The molecule has 1 unspecified atom stereocenters. The zero-order valence-electron chi connectivity index (χ0n) is 14.9. The Morgan fingerprint density at radius 1 is 1.15 bits per heavy atom. The zero-order chi connectivity index (χ0) is 18.5. The van der Waals surface area contributed by atoms with Crippen molar-refractivity contribution in [2.24, 2.45) is 5.41 Å². The monoisotopic (exact) mass is 351 g/mol. The predicted molar refractivity (Wildman–Crippen MR) is 99.3 cm³/mol. The van der Waals surface area contributed by atoms with E-state index in [9.17, 15) is 14.7 Å². The highest BCUT2D eigenvalue weighted by Crippen LogP contribution is 2.34. The third-order valence-corrected chi connectivity index (χ3v) is 5.52. The van der Waals surface area contributed by atoms with Gasteiger partial charge in [0.15, 0.2) is 5.76 Å². The summed E-state index contributed by atoms with van der Waals surface area (Å²) in [6, 6.07) is 11.9. The van der Waals surface area contributed by atoms with E-state index in [1.807, 2.05) is 43.3 Å². The Hall–Kier alpha value is -2.82. The molecule has 0 bridgehead atoms. The lowest BCUT2D eigenvalue weighted by atomic mass is 9.82. The number of carbonyl (C=O) groups excluding carboxylic acids is 1. The number of amides is 1. The average Bonchev–Trinajstić information content (AvgIpc) is 2.98. The highest BCUT2D eigenvalue weighted by atomic mass is 16.4. The summed E-state index contributed by atoms with van der Waals surface area (Å²) in [6.07, 6.45) is 1.26. The van der Waals surface area contributed by atoms with E-state index >= 15 is 0 Å². The van der Waals surface area contributed by atoms with Crippen molar-refractivity contribution in [1.82, 2.24) is 4.90 Å². The quantitative estimate of drug-likeness (QED) is 0.750. The summed E-state index contributed by atoms with van der Waals surface area (Å²) in [4.78, 5) is 26.3. The maximum atomic E-state index is 13.1. The molecule has 0 radical (unpaired) electrons. The predicted octanol–water partition coefficient (Wildman–Crippen LogP) is 4.22. The standard InChI is InChI=1S/C21H21NO4/c1-13-15-9-8-14-6-3-4-7-16(14)18(15)26-17(13)19(23)22-11-5-10-21(2,12-22)20(24)25/h3-4,6-9H,5,10-12H2,1-2H3,(H,24,25). The fraction of sp³-hybridized carbons (Fsp3) is 0.333. The van der Waals surface area contributed by atoms with Crippen LogP contribution in [0, 0.1) is 12.3 Å². The highest BCUT2D eigenvalue weighted by Gasteiger charge is 2.40. The zero-order valence-corrected chi connectivity index (χ0v) is 14.9. The number of piperidine rings is 1. The van der Waals surface area contributed by atoms with Crippen molar-refractivity contribution in [3.8, 4) is 0 Å². The number of nitrogens with zero attached hydrogens (tertiary/aromatic N) is 1. The van der Waals surface area contributed by atoms with Gasteiger partial charge in [-0.05, 0) is 32.1 Å². The van der Waals surface area contributed by atoms with Gasteiger partial charge in [0.2, 0.25) is 0 Å². The van der Waals surface area contributed by atoms with E-state index in [0.29, 0.717) is 30.7 Å². The van der Waals surface area contributed by atoms with Gasteiger partial charge >= 0.3 is 5.97 Å². The van der Waals surface area contributed by atoms with Crippen molar-refractivity contribution in [3.63, 3.8) is 0 Å². The number of rotatable bonds is 2. The molecule has 5 heteroatoms. The summed E-state index contributed by atoms with van der Waals surface area (Å²) >= 11 is 0. The van der Waals surface area contributed by atoms with Crippen LogP contribution in [-0.2, 0) is 4.79 Å². The number of carboxylic acid groups (broad SMARTS) is 1. The molecule has 0 aliphatic carbocycles. The summed E-state index contributed by atoms with van der Waals surface area (Å²) in [5, 5.41) is 12.4. The number of likely N-dealkylation sites (tertiary alicyclic amines) is 1. The Balaban J connectivity index is 1.77. The van der Waals surface area contributed by atoms with Gasteiger partial charge in [0.1, 0.15) is 5.58 Å². The van der Waals surface area contributed by atoms with Gasteiger partial charge < -0.3 is 14.4 Å². The second-order valence-electron chi connectivity index (χ2n) is 7.42. The van der Waals surface area contributed by atoms with Crippen molar-refractivity contribution in [3.05, 3.63) is 47.7 Å². The molecule has 4 rings (SSSR count). The topological polar surface area (TPSA) is 70.8 Å². The number of fused-ring (bicyclic) bond motifs is 3. The normalized spacial score (nSPS) is 20.6. The van der Waals surface area contributed by atoms with E-state index in [1.54, 1.807) is 11.8 Å². The largest absolute Gasteiger partial charge is 0.481 e. The van der Waals surface area contributed by atoms with Gasteiger partial charge in [0.05, 0.1) is 5.41 Å². The smallest absolute Gasteiger partial charge is 0.311 e. The first-order chi connectivity index (χ1) is 12.4. The van der Waals surface area contributed by atoms with Crippen molar-refractivity contribution < 1.29 is 19.1 Å². The molecule has 26 heavy (non-hydrogen) atoms. The van der Waals surface area contributed by atoms with Crippen LogP contribution in [0.15, 0.2) is 40.8 Å². The second-order valence-corrected chi connectivity index (χ2v) is 7.42. The lowest BCUT2D eigenvalue weighted by Gasteiger charge is -2.37. The Labute approximate surface area is 151 Å². The van der Waals surface area contributed by atoms with Gasteiger partial charge in [-0.3, -0.25) is 9.59 Å². The Morgan fingerprint density at radius 2 is 1.92 bits per heavy atom. The van der Waals surface area contributed by atoms with Crippen LogP contribution in [0.3, 0.4) is 0 Å². The summed E-state index contributed by atoms with van der Waals surface area (Å²) in [6.45, 7) is 4.35. The minimum atomic E-state index is -0.902. The third-order valence-electron chi connectivity index (χ3n) is 5.52. The number of aryl methyl sites for hydroxylation is 1. The molecule has 134 valence electrons. The lowest BCUT2D eigenvalue weighted by molar-refractivity contribution is -0.150. The molecule has 1 saturated heterocycles. The van der Waals surface area contributed by atoms with Crippen molar-refractivity contribution in [2.45, 2.75) is 26.7 Å². The summed E-state index contributed by atoms with van der Waals surface area (Å²) in [5.41, 5.74) is 0.612. The van der Waals surface area contributed by atoms with Gasteiger partial charge in [0.25, 0.3) is 5.91 Å². The van der Waals surface area contributed by atoms with Crippen LogP contribution in [0.4, 0.5) is 0 Å². The molecular formula is C21H21NO4. The number of carboxylic acids is 1. The highest BCUT2D eigenvalue weighted by molar-refractivity contribution is 6.09. The molecule has 1 fully saturated rings. The summed E-state index contributed by atoms with van der Waals surface area (Å²) < 4.78 is 6.02. The maximum absolute atomic E-state index is 13.1. The molecular weight excluding hydrogens is 330 g/mol. The van der Waals surface area contributed by atoms with E-state index in [2.05, 4.69) is 0 Å². The van der Waals surface area contributed by atoms with E-state index < -0.39 is 11.4 Å². The van der Waals surface area contributed by atoms with E-state index in [1.165, 1.54) is 0 Å². The van der Waals surface area contributed by atoms with Gasteiger partial charge in [-0.15, -0.1) is 0 Å². The first kappa shape index (κ1) is 16.6. The minimum Gasteiger partial charge on any atom is -0.481 e. The van der Waals surface area contributed by atoms with Gasteiger partial charge in [-0.1, -0.05) is 36.4 Å². The maximum Gasteiger partial charge on any atom is 0.311 e. The van der Waals surface area contributed by atoms with E-state index in [4.69, 9.17) is 4.42 Å². The van der Waals surface area contributed by atoms with Crippen LogP contribution < -0.4 is 0 Å². The van der Waals surface area contributed by atoms with E-state index in [0.717, 1.165) is 21.7 Å². The third kappa shape index (κ3) is 2.46. The first-order valence-corrected chi connectivity index (χ1v) is 8.84. The SMILES string of the molecule is Cc1c(C(=O)N2CCCC(C)(C(=O)O)C2)oc2c1ccc1ccccc12. The molecule has 2 heterocycles.